The molecule has 0 aromatic heterocycles. The molecule has 0 N–H and O–H groups in total. The predicted molar refractivity (Wildman–Crippen MR) is 244 cm³/mol. The zero-order chi connectivity index (χ0) is 40.6. The molecule has 0 saturated carbocycles. The largest absolute Gasteiger partial charge is 0.487 e. The van der Waals surface area contributed by atoms with Gasteiger partial charge in [-0.25, -0.2) is 4.79 Å². The first-order valence-electron chi connectivity index (χ1n) is 23.9. The molecule has 4 heteroatoms. The smallest absolute Gasteiger partial charge is 0.343 e. The number of carbonyl (C=O) groups is 1. The summed E-state index contributed by atoms with van der Waals surface area (Å²) in [7, 11) is 0. The van der Waals surface area contributed by atoms with Crippen LogP contribution in [0.25, 0.3) is 11.1 Å². The van der Waals surface area contributed by atoms with Crippen molar-refractivity contribution in [3.63, 3.8) is 0 Å². The van der Waals surface area contributed by atoms with Crippen molar-refractivity contribution in [1.82, 2.24) is 0 Å². The van der Waals surface area contributed by atoms with Crippen molar-refractivity contribution in [1.29, 1.82) is 0 Å². The van der Waals surface area contributed by atoms with E-state index in [2.05, 4.69) is 52.0 Å². The van der Waals surface area contributed by atoms with Gasteiger partial charge in [-0.15, -0.1) is 0 Å². The van der Waals surface area contributed by atoms with Crippen LogP contribution in [0.2, 0.25) is 0 Å². The Morgan fingerprint density at radius 1 is 0.474 bits per heavy atom. The molecule has 0 aliphatic heterocycles. The Balaban J connectivity index is 1.29. The number of esters is 1. The van der Waals surface area contributed by atoms with E-state index in [-0.39, 0.29) is 18.2 Å². The van der Waals surface area contributed by atoms with Crippen LogP contribution in [0.3, 0.4) is 0 Å². The van der Waals surface area contributed by atoms with Crippen LogP contribution >= 0.6 is 0 Å². The maximum absolute atomic E-state index is 13.2. The Morgan fingerprint density at radius 2 is 0.912 bits per heavy atom. The van der Waals surface area contributed by atoms with Gasteiger partial charge in [-0.1, -0.05) is 217 Å². The van der Waals surface area contributed by atoms with Crippen molar-refractivity contribution in [2.24, 2.45) is 0 Å². The Bertz CT molecular complexity index is 1400. The third-order valence-electron chi connectivity index (χ3n) is 11.5. The van der Waals surface area contributed by atoms with Crippen molar-refractivity contribution < 1.29 is 19.0 Å². The van der Waals surface area contributed by atoms with Gasteiger partial charge in [0.15, 0.2) is 11.5 Å². The Labute approximate surface area is 350 Å². The topological polar surface area (TPSA) is 44.8 Å². The van der Waals surface area contributed by atoms with Gasteiger partial charge in [0.25, 0.3) is 0 Å². The summed E-state index contributed by atoms with van der Waals surface area (Å²) in [5.74, 6) is 0.736. The maximum atomic E-state index is 13.2. The van der Waals surface area contributed by atoms with Gasteiger partial charge in [0, 0.05) is 6.61 Å². The minimum absolute atomic E-state index is 0.0710. The van der Waals surface area contributed by atoms with Crippen LogP contribution in [0.4, 0.5) is 0 Å². The van der Waals surface area contributed by atoms with Crippen LogP contribution in [-0.2, 0) is 4.74 Å². The van der Waals surface area contributed by atoms with E-state index in [1.165, 1.54) is 147 Å². The summed E-state index contributed by atoms with van der Waals surface area (Å²) in [5.41, 5.74) is 3.88. The summed E-state index contributed by atoms with van der Waals surface area (Å²) < 4.78 is 18.5. The van der Waals surface area contributed by atoms with E-state index in [4.69, 9.17) is 14.2 Å². The minimum atomic E-state index is -0.378. The molecule has 4 nitrogen and oxygen atoms in total. The van der Waals surface area contributed by atoms with E-state index < -0.39 is 0 Å². The molecule has 0 fully saturated rings. The Hall–Kier alpha value is -3.11. The van der Waals surface area contributed by atoms with Crippen LogP contribution in [-0.4, -0.2) is 18.7 Å². The highest BCUT2D eigenvalue weighted by molar-refractivity contribution is 5.92. The molecule has 0 aliphatic carbocycles. The van der Waals surface area contributed by atoms with Crippen molar-refractivity contribution in [2.45, 2.75) is 213 Å². The van der Waals surface area contributed by atoms with E-state index >= 15 is 0 Å². The van der Waals surface area contributed by atoms with Gasteiger partial charge < -0.3 is 14.2 Å². The normalized spacial score (nSPS) is 12.4. The zero-order valence-electron chi connectivity index (χ0n) is 37.0. The average molecular weight is 783 g/mol. The van der Waals surface area contributed by atoms with Gasteiger partial charge in [-0.05, 0) is 73.6 Å². The number of para-hydroxylation sites is 2. The molecule has 0 saturated heterocycles. The fourth-order valence-corrected chi connectivity index (χ4v) is 7.81. The standard InChI is InChI=1S/C53H82O4/c1-5-8-10-12-14-15-16-17-18-19-20-21-22-23-24-25-27-31-44-55-45(4)46-36-38-47(39-37-46)48-40-42-49(43-41-48)53(54)57-52-35-30-29-34-51(52)56-50(32-7-3)33-28-26-13-11-9-6-2/h29-30,34-43,45,50H,5-28,31-33,44H2,1-4H3. The summed E-state index contributed by atoms with van der Waals surface area (Å²) >= 11 is 0. The van der Waals surface area contributed by atoms with Crippen LogP contribution in [0.15, 0.2) is 72.8 Å². The minimum Gasteiger partial charge on any atom is -0.487 e. The predicted octanol–water partition coefficient (Wildman–Crippen LogP) is 17.0. The SMILES string of the molecule is CCCCCCCCCCCCCCCCCCCCOC(C)c1ccc(-c2ccc(C(=O)Oc3ccccc3OC(CCC)CCCCCCCC)cc2)cc1. The third kappa shape index (κ3) is 21.5. The number of ether oxygens (including phenoxy) is 3. The molecule has 0 heterocycles. The van der Waals surface area contributed by atoms with Crippen LogP contribution in [0.5, 0.6) is 11.5 Å². The number of hydrogen-bond acceptors (Lipinski definition) is 4. The monoisotopic (exact) mass is 783 g/mol. The number of rotatable bonds is 35. The van der Waals surface area contributed by atoms with E-state index in [0.29, 0.717) is 17.1 Å². The lowest BCUT2D eigenvalue weighted by Crippen LogP contribution is -2.17. The van der Waals surface area contributed by atoms with Gasteiger partial charge >= 0.3 is 5.97 Å². The second kappa shape index (κ2) is 31.8. The highest BCUT2D eigenvalue weighted by Crippen LogP contribution is 2.31. The quantitative estimate of drug-likeness (QED) is 0.0339. The fourth-order valence-electron chi connectivity index (χ4n) is 7.81. The zero-order valence-corrected chi connectivity index (χ0v) is 37.0. The summed E-state index contributed by atoms with van der Waals surface area (Å²) in [6.07, 6.45) is 35.9. The van der Waals surface area contributed by atoms with Gasteiger partial charge in [0.05, 0.1) is 17.8 Å². The molecule has 0 spiro atoms. The third-order valence-corrected chi connectivity index (χ3v) is 11.5. The number of benzene rings is 3. The Morgan fingerprint density at radius 3 is 1.40 bits per heavy atom. The Kier molecular flexibility index (Phi) is 26.9. The van der Waals surface area contributed by atoms with Crippen molar-refractivity contribution in [3.05, 3.63) is 83.9 Å². The van der Waals surface area contributed by atoms with Gasteiger partial charge in [0.2, 0.25) is 0 Å². The molecule has 3 aromatic rings. The lowest BCUT2D eigenvalue weighted by Gasteiger charge is -2.20. The molecular weight excluding hydrogens is 701 g/mol. The molecule has 3 rings (SSSR count). The number of hydrogen-bond donors (Lipinski definition) is 0. The highest BCUT2D eigenvalue weighted by Gasteiger charge is 2.17. The second-order valence-corrected chi connectivity index (χ2v) is 16.6. The van der Waals surface area contributed by atoms with Crippen LogP contribution in [0.1, 0.15) is 223 Å². The lowest BCUT2D eigenvalue weighted by molar-refractivity contribution is 0.0627. The van der Waals surface area contributed by atoms with E-state index in [0.717, 1.165) is 49.8 Å². The van der Waals surface area contributed by atoms with Gasteiger partial charge in [-0.2, -0.15) is 0 Å². The van der Waals surface area contributed by atoms with E-state index in [1.54, 1.807) is 0 Å². The first-order valence-corrected chi connectivity index (χ1v) is 23.9. The molecule has 318 valence electrons. The maximum Gasteiger partial charge on any atom is 0.343 e. The molecule has 0 radical (unpaired) electrons. The van der Waals surface area contributed by atoms with E-state index in [1.807, 2.05) is 48.5 Å². The highest BCUT2D eigenvalue weighted by atomic mass is 16.6. The van der Waals surface area contributed by atoms with Crippen LogP contribution in [0, 0.1) is 0 Å². The molecule has 57 heavy (non-hydrogen) atoms. The number of carbonyl (C=O) groups excluding carboxylic acids is 1. The summed E-state index contributed by atoms with van der Waals surface area (Å²) in [6.45, 7) is 9.70. The second-order valence-electron chi connectivity index (χ2n) is 16.6. The summed E-state index contributed by atoms with van der Waals surface area (Å²) in [6, 6.07) is 23.8. The molecule has 2 unspecified atom stereocenters. The molecule has 0 bridgehead atoms. The van der Waals surface area contributed by atoms with Gasteiger partial charge in [0.1, 0.15) is 0 Å². The molecule has 3 aromatic carbocycles. The van der Waals surface area contributed by atoms with Crippen molar-refractivity contribution in [2.75, 3.05) is 6.61 Å². The molecule has 0 aliphatic rings. The first kappa shape index (κ1) is 48.3. The lowest BCUT2D eigenvalue weighted by atomic mass is 10.0. The number of unbranched alkanes of at least 4 members (excludes halogenated alkanes) is 22. The van der Waals surface area contributed by atoms with Crippen LogP contribution < -0.4 is 9.47 Å². The van der Waals surface area contributed by atoms with Crippen molar-refractivity contribution >= 4 is 5.97 Å². The average Bonchev–Trinajstić information content (AvgIpc) is 3.23. The summed E-state index contributed by atoms with van der Waals surface area (Å²) in [4.78, 5) is 13.2. The first-order chi connectivity index (χ1) is 28.0. The van der Waals surface area contributed by atoms with Crippen molar-refractivity contribution in [3.8, 4) is 22.6 Å². The fraction of sp³-hybridized carbons (Fsp3) is 0.642. The molecule has 2 atom stereocenters. The molecule has 0 amide bonds. The molecular formula is C53H82O4. The summed E-state index contributed by atoms with van der Waals surface area (Å²) in [5, 5.41) is 0. The van der Waals surface area contributed by atoms with E-state index in [9.17, 15) is 4.79 Å². The van der Waals surface area contributed by atoms with Gasteiger partial charge in [-0.3, -0.25) is 0 Å².